The average molecular weight is 802 g/mol. The molecule has 0 bridgehead atoms. The standard InChI is InChI=1S/C36H48N7O12P/c1-19(2)32(44)52-29-28(26-13-14-27-31(39)40-18-41-43(26)27)54-36(16-37,30(29)53-33(45)20(3)4)17-50-56(48,42-22(7)34(46)49-8)55-24-11-9-23(10-12-24)15-25(38)35(47)51-21(5)6/h9-14,18-22,25,28-30H,15,17,38H2,1-8H3,(H,42,48)(H2,39,40,41)/t22-,25-,28-,29-,30-,36+,56?/m0/s1. The van der Waals surface area contributed by atoms with Gasteiger partial charge in [-0.15, -0.1) is 0 Å². The molecule has 19 nitrogen and oxygen atoms in total. The maximum absolute atomic E-state index is 14.6. The molecule has 1 fully saturated rings. The summed E-state index contributed by atoms with van der Waals surface area (Å²) >= 11 is 0. The van der Waals surface area contributed by atoms with Gasteiger partial charge >= 0.3 is 31.6 Å². The van der Waals surface area contributed by atoms with Crippen molar-refractivity contribution < 1.29 is 56.5 Å². The second kappa shape index (κ2) is 18.2. The Hall–Kier alpha value is -5.12. The summed E-state index contributed by atoms with van der Waals surface area (Å²) in [4.78, 5) is 55.0. The number of carbonyl (C=O) groups is 4. The van der Waals surface area contributed by atoms with Crippen LogP contribution in [0.1, 0.15) is 65.8 Å². The number of rotatable bonds is 17. The van der Waals surface area contributed by atoms with Crippen LogP contribution in [0.25, 0.3) is 5.52 Å². The molecule has 1 unspecified atom stereocenters. The summed E-state index contributed by atoms with van der Waals surface area (Å²) in [5.74, 6) is -4.14. The molecule has 7 atom stereocenters. The molecule has 0 aliphatic carbocycles. The van der Waals surface area contributed by atoms with Gasteiger partial charge in [-0.2, -0.15) is 15.4 Å². The van der Waals surface area contributed by atoms with Crippen LogP contribution in [0.15, 0.2) is 42.7 Å². The van der Waals surface area contributed by atoms with Crippen LogP contribution in [0.2, 0.25) is 0 Å². The number of nitrogens with two attached hydrogens (primary N) is 2. The number of nitrogens with one attached hydrogen (secondary N) is 1. The SMILES string of the molecule is COC(=O)[C@H](C)NP(=O)(OC[C@@]1(C#N)O[C@@H](c2ccc3c(N)ncnn23)[C@H](OC(=O)C(C)C)[C@@H]1OC(=O)C(C)C)Oc1ccc(C[C@H](N)C(=O)OC(C)C)cc1. The van der Waals surface area contributed by atoms with Crippen LogP contribution in [0.5, 0.6) is 5.75 Å². The zero-order valence-electron chi connectivity index (χ0n) is 32.4. The first-order valence-corrected chi connectivity index (χ1v) is 19.3. The Morgan fingerprint density at radius 1 is 0.982 bits per heavy atom. The van der Waals surface area contributed by atoms with E-state index in [1.807, 2.05) is 6.07 Å². The molecule has 56 heavy (non-hydrogen) atoms. The molecular weight excluding hydrogens is 753 g/mol. The Labute approximate surface area is 323 Å². The Morgan fingerprint density at radius 2 is 1.62 bits per heavy atom. The first-order valence-electron chi connectivity index (χ1n) is 17.8. The lowest BCUT2D eigenvalue weighted by molar-refractivity contribution is -0.173. The molecule has 1 aliphatic rings. The number of nitriles is 1. The molecule has 1 aromatic carbocycles. The molecule has 1 saturated heterocycles. The molecule has 304 valence electrons. The fourth-order valence-electron chi connectivity index (χ4n) is 5.48. The molecule has 0 saturated carbocycles. The molecule has 3 heterocycles. The van der Waals surface area contributed by atoms with Crippen molar-refractivity contribution in [1.29, 1.82) is 5.26 Å². The lowest BCUT2D eigenvalue weighted by atomic mass is 9.95. The molecule has 0 amide bonds. The normalized spacial score (nSPS) is 21.6. The van der Waals surface area contributed by atoms with Gasteiger partial charge in [0.1, 0.15) is 48.5 Å². The topological polar surface area (TPSA) is 268 Å². The number of hydrogen-bond donors (Lipinski definition) is 3. The van der Waals surface area contributed by atoms with Crippen LogP contribution in [0.4, 0.5) is 5.82 Å². The van der Waals surface area contributed by atoms with Gasteiger partial charge in [0.2, 0.25) is 5.60 Å². The zero-order valence-corrected chi connectivity index (χ0v) is 33.3. The minimum Gasteiger partial charge on any atom is -0.468 e. The number of methoxy groups -OCH3 is 1. The van der Waals surface area contributed by atoms with Gasteiger partial charge in [-0.3, -0.25) is 23.7 Å². The van der Waals surface area contributed by atoms with Crippen molar-refractivity contribution in [3.05, 3.63) is 54.0 Å². The van der Waals surface area contributed by atoms with Gasteiger partial charge in [0, 0.05) is 0 Å². The van der Waals surface area contributed by atoms with E-state index in [2.05, 4.69) is 15.2 Å². The fraction of sp³-hybridized carbons (Fsp3) is 0.528. The molecule has 1 aliphatic heterocycles. The van der Waals surface area contributed by atoms with E-state index in [-0.39, 0.29) is 29.8 Å². The van der Waals surface area contributed by atoms with Crippen molar-refractivity contribution in [2.75, 3.05) is 19.5 Å². The molecule has 20 heteroatoms. The number of hydrogen-bond acceptors (Lipinski definition) is 17. The van der Waals surface area contributed by atoms with Gasteiger partial charge in [-0.25, -0.2) is 14.1 Å². The summed E-state index contributed by atoms with van der Waals surface area (Å²) < 4.78 is 55.7. The van der Waals surface area contributed by atoms with Gasteiger partial charge < -0.3 is 39.7 Å². The van der Waals surface area contributed by atoms with Gasteiger partial charge in [0.15, 0.2) is 18.0 Å². The van der Waals surface area contributed by atoms with E-state index < -0.39 is 86.1 Å². The second-order valence-corrected chi connectivity index (χ2v) is 15.7. The van der Waals surface area contributed by atoms with E-state index in [9.17, 15) is 29.0 Å². The fourth-order valence-corrected chi connectivity index (χ4v) is 7.00. The monoisotopic (exact) mass is 801 g/mol. The summed E-state index contributed by atoms with van der Waals surface area (Å²) in [6.45, 7) is 10.1. The Morgan fingerprint density at radius 3 is 2.21 bits per heavy atom. The maximum atomic E-state index is 14.6. The van der Waals surface area contributed by atoms with Gasteiger partial charge in [0.25, 0.3) is 0 Å². The van der Waals surface area contributed by atoms with E-state index >= 15 is 0 Å². The van der Waals surface area contributed by atoms with Crippen LogP contribution < -0.4 is 21.1 Å². The van der Waals surface area contributed by atoms with Gasteiger partial charge in [-0.05, 0) is 57.0 Å². The molecule has 5 N–H and O–H groups in total. The number of ether oxygens (including phenoxy) is 5. The minimum absolute atomic E-state index is 0.0142. The summed E-state index contributed by atoms with van der Waals surface area (Å²) in [6, 6.07) is 8.93. The van der Waals surface area contributed by atoms with Gasteiger partial charge in [-0.1, -0.05) is 39.8 Å². The summed E-state index contributed by atoms with van der Waals surface area (Å²) in [5, 5.41) is 17.6. The van der Waals surface area contributed by atoms with Crippen LogP contribution >= 0.6 is 7.75 Å². The molecule has 2 aromatic heterocycles. The number of benzene rings is 1. The van der Waals surface area contributed by atoms with Crippen molar-refractivity contribution in [2.24, 2.45) is 17.6 Å². The highest BCUT2D eigenvalue weighted by Crippen LogP contribution is 2.50. The van der Waals surface area contributed by atoms with Crippen LogP contribution in [-0.2, 0) is 58.4 Å². The van der Waals surface area contributed by atoms with Crippen molar-refractivity contribution in [1.82, 2.24) is 19.7 Å². The second-order valence-electron chi connectivity index (χ2n) is 14.0. The van der Waals surface area contributed by atoms with E-state index in [4.69, 9.17) is 44.2 Å². The smallest absolute Gasteiger partial charge is 0.459 e. The number of nitrogens with zero attached hydrogens (tertiary/aromatic N) is 4. The Bertz CT molecular complexity index is 1980. The number of esters is 4. The molecular formula is C36H48N7O12P. The third kappa shape index (κ3) is 10.2. The highest BCUT2D eigenvalue weighted by molar-refractivity contribution is 7.52. The quantitative estimate of drug-likeness (QED) is 0.101. The average Bonchev–Trinajstić information content (AvgIpc) is 3.70. The predicted octanol–water partition coefficient (Wildman–Crippen LogP) is 2.96. The lowest BCUT2D eigenvalue weighted by Gasteiger charge is -2.31. The van der Waals surface area contributed by atoms with E-state index in [0.717, 1.165) is 7.11 Å². The third-order valence-electron chi connectivity index (χ3n) is 8.44. The van der Waals surface area contributed by atoms with Crippen LogP contribution in [0.3, 0.4) is 0 Å². The van der Waals surface area contributed by atoms with E-state index in [1.165, 1.54) is 29.9 Å². The van der Waals surface area contributed by atoms with Gasteiger partial charge in [0.05, 0.1) is 30.7 Å². The highest BCUT2D eigenvalue weighted by Gasteiger charge is 2.62. The predicted molar refractivity (Wildman–Crippen MR) is 197 cm³/mol. The molecule has 3 aromatic rings. The van der Waals surface area contributed by atoms with E-state index in [1.54, 1.807) is 65.8 Å². The largest absolute Gasteiger partial charge is 0.468 e. The number of aromatic nitrogens is 3. The number of nitrogen functional groups attached to an aromatic ring is 1. The molecule has 0 radical (unpaired) electrons. The van der Waals surface area contributed by atoms with Crippen LogP contribution in [0, 0.1) is 23.2 Å². The summed E-state index contributed by atoms with van der Waals surface area (Å²) in [6.07, 6.45) is -3.51. The third-order valence-corrected chi connectivity index (χ3v) is 10.1. The first kappa shape index (κ1) is 43.6. The van der Waals surface area contributed by atoms with Crippen molar-refractivity contribution in [3.8, 4) is 11.8 Å². The lowest BCUT2D eigenvalue weighted by Crippen LogP contribution is -2.50. The Kier molecular flexibility index (Phi) is 14.2. The Balaban J connectivity index is 1.74. The number of carbonyl (C=O) groups excluding carboxylic acids is 4. The number of anilines is 1. The summed E-state index contributed by atoms with van der Waals surface area (Å²) in [5.41, 5.74) is 11.0. The molecule has 4 rings (SSSR count). The first-order chi connectivity index (χ1) is 26.3. The van der Waals surface area contributed by atoms with Crippen LogP contribution in [-0.4, -0.2) is 88.2 Å². The number of fused-ring (bicyclic) bond motifs is 1. The minimum atomic E-state index is -4.69. The molecule has 0 spiro atoms. The van der Waals surface area contributed by atoms with E-state index in [0.29, 0.717) is 11.1 Å². The van der Waals surface area contributed by atoms with Crippen molar-refractivity contribution in [2.45, 2.75) is 97.0 Å². The summed E-state index contributed by atoms with van der Waals surface area (Å²) in [7, 11) is -3.56. The van der Waals surface area contributed by atoms with Crippen molar-refractivity contribution in [3.63, 3.8) is 0 Å². The van der Waals surface area contributed by atoms with Crippen molar-refractivity contribution >= 4 is 43.0 Å². The maximum Gasteiger partial charge on any atom is 0.459 e. The highest BCUT2D eigenvalue weighted by atomic mass is 31.2. The zero-order chi connectivity index (χ0) is 41.5.